The van der Waals surface area contributed by atoms with Gasteiger partial charge >= 0.3 is 5.97 Å². The molecule has 41 heavy (non-hydrogen) atoms. The molecule has 0 aromatic heterocycles. The van der Waals surface area contributed by atoms with E-state index in [9.17, 15) is 18.8 Å². The van der Waals surface area contributed by atoms with Gasteiger partial charge in [-0.3, -0.25) is 14.4 Å². The van der Waals surface area contributed by atoms with Crippen LogP contribution in [-0.2, 0) is 19.1 Å². The van der Waals surface area contributed by atoms with E-state index in [2.05, 4.69) is 5.32 Å². The smallest absolute Gasteiger partial charge is 0.311 e. The Hall–Kier alpha value is -4.04. The lowest BCUT2D eigenvalue weighted by Gasteiger charge is -2.32. The number of hydrogen-bond donors (Lipinski definition) is 2. The molecule has 1 heterocycles. The van der Waals surface area contributed by atoms with Gasteiger partial charge in [-0.2, -0.15) is 0 Å². The molecule has 216 valence electrons. The van der Waals surface area contributed by atoms with Gasteiger partial charge in [-0.15, -0.1) is 0 Å². The lowest BCUT2D eigenvalue weighted by atomic mass is 9.91. The molecule has 0 aliphatic carbocycles. The molecule has 1 fully saturated rings. The van der Waals surface area contributed by atoms with Crippen molar-refractivity contribution in [2.75, 3.05) is 6.54 Å². The summed E-state index contributed by atoms with van der Waals surface area (Å²) in [5.41, 5.74) is 7.68. The predicted molar refractivity (Wildman–Crippen MR) is 155 cm³/mol. The van der Waals surface area contributed by atoms with Gasteiger partial charge in [0.05, 0.1) is 17.5 Å². The van der Waals surface area contributed by atoms with Gasteiger partial charge < -0.3 is 20.7 Å². The van der Waals surface area contributed by atoms with Crippen molar-refractivity contribution in [3.8, 4) is 0 Å². The lowest BCUT2D eigenvalue weighted by Crippen LogP contribution is -2.55. The maximum Gasteiger partial charge on any atom is 0.311 e. The maximum atomic E-state index is 14.3. The summed E-state index contributed by atoms with van der Waals surface area (Å²) in [6.07, 6.45) is -0.652. The molecule has 7 nitrogen and oxygen atoms in total. The average Bonchev–Trinajstić information content (AvgIpc) is 3.34. The van der Waals surface area contributed by atoms with E-state index in [0.29, 0.717) is 12.0 Å². The van der Waals surface area contributed by atoms with Crippen molar-refractivity contribution >= 4 is 17.8 Å². The summed E-state index contributed by atoms with van der Waals surface area (Å²) < 4.78 is 19.9. The van der Waals surface area contributed by atoms with E-state index >= 15 is 0 Å². The van der Waals surface area contributed by atoms with E-state index in [1.165, 1.54) is 17.0 Å². The average molecular weight is 560 g/mol. The third-order valence-electron chi connectivity index (χ3n) is 7.45. The summed E-state index contributed by atoms with van der Waals surface area (Å²) in [6.45, 7) is 7.05. The number of nitrogens with one attached hydrogen (secondary N) is 1. The van der Waals surface area contributed by atoms with Crippen molar-refractivity contribution in [1.82, 2.24) is 10.2 Å². The fourth-order valence-electron chi connectivity index (χ4n) is 5.06. The Morgan fingerprint density at radius 1 is 0.951 bits per heavy atom. The van der Waals surface area contributed by atoms with Gasteiger partial charge in [0, 0.05) is 12.5 Å². The quantitative estimate of drug-likeness (QED) is 0.389. The molecule has 2 amide bonds. The SMILES string of the molecule is CC[C@H](N)C(=O)N1C[C@H](c2ccc(F)cc2)[C@@H](OC(=O)C(C)(C)C)[C@H]1C(=O)NC(c1ccccc1)c1ccccc1. The van der Waals surface area contributed by atoms with Crippen molar-refractivity contribution in [2.24, 2.45) is 11.1 Å². The van der Waals surface area contributed by atoms with Crippen LogP contribution in [0, 0.1) is 11.2 Å². The normalized spacial score (nSPS) is 19.6. The van der Waals surface area contributed by atoms with Gasteiger partial charge in [-0.1, -0.05) is 79.7 Å². The Morgan fingerprint density at radius 3 is 1.98 bits per heavy atom. The standard InChI is InChI=1S/C33H38FN3O4/c1-5-26(35)31(39)37-20-25(21-16-18-24(34)19-17-21)29(41-32(40)33(2,3)4)28(37)30(38)36-27(22-12-8-6-9-13-22)23-14-10-7-11-15-23/h6-19,25-29H,5,20,35H2,1-4H3,(H,36,38)/t25-,26+,28+,29-/m1/s1. The number of benzene rings is 3. The monoisotopic (exact) mass is 559 g/mol. The third-order valence-corrected chi connectivity index (χ3v) is 7.45. The third kappa shape index (κ3) is 6.82. The summed E-state index contributed by atoms with van der Waals surface area (Å²) in [7, 11) is 0. The molecule has 1 aliphatic heterocycles. The van der Waals surface area contributed by atoms with Gasteiger partial charge in [-0.25, -0.2) is 4.39 Å². The molecule has 8 heteroatoms. The van der Waals surface area contributed by atoms with Crippen LogP contribution >= 0.6 is 0 Å². The Morgan fingerprint density at radius 2 is 1.49 bits per heavy atom. The minimum Gasteiger partial charge on any atom is -0.458 e. The minimum absolute atomic E-state index is 0.0830. The Labute approximate surface area is 240 Å². The number of nitrogens with zero attached hydrogens (tertiary/aromatic N) is 1. The van der Waals surface area contributed by atoms with Gasteiger partial charge in [0.15, 0.2) is 0 Å². The van der Waals surface area contributed by atoms with E-state index < -0.39 is 59.2 Å². The maximum absolute atomic E-state index is 14.3. The van der Waals surface area contributed by atoms with Crippen LogP contribution in [0.3, 0.4) is 0 Å². The van der Waals surface area contributed by atoms with Crippen LogP contribution in [0.5, 0.6) is 0 Å². The van der Waals surface area contributed by atoms with Crippen molar-refractivity contribution < 1.29 is 23.5 Å². The van der Waals surface area contributed by atoms with Crippen LogP contribution < -0.4 is 11.1 Å². The highest BCUT2D eigenvalue weighted by molar-refractivity contribution is 5.92. The second-order valence-electron chi connectivity index (χ2n) is 11.5. The number of amides is 2. The zero-order valence-electron chi connectivity index (χ0n) is 23.9. The first kappa shape index (κ1) is 29.9. The summed E-state index contributed by atoms with van der Waals surface area (Å²) in [4.78, 5) is 42.5. The molecule has 3 aromatic carbocycles. The highest BCUT2D eigenvalue weighted by Crippen LogP contribution is 2.37. The lowest BCUT2D eigenvalue weighted by molar-refractivity contribution is -0.163. The van der Waals surface area contributed by atoms with E-state index in [0.717, 1.165) is 11.1 Å². The van der Waals surface area contributed by atoms with Crippen molar-refractivity contribution in [1.29, 1.82) is 0 Å². The summed E-state index contributed by atoms with van der Waals surface area (Å²) in [6, 6.07) is 22.3. The van der Waals surface area contributed by atoms with Gasteiger partial charge in [0.2, 0.25) is 11.8 Å². The summed E-state index contributed by atoms with van der Waals surface area (Å²) >= 11 is 0. The molecule has 4 rings (SSSR count). The predicted octanol–water partition coefficient (Wildman–Crippen LogP) is 4.72. The molecule has 4 atom stereocenters. The second kappa shape index (κ2) is 12.6. The van der Waals surface area contributed by atoms with Crippen LogP contribution in [0.15, 0.2) is 84.9 Å². The Balaban J connectivity index is 1.79. The minimum atomic E-state index is -1.16. The van der Waals surface area contributed by atoms with Crippen LogP contribution in [0.4, 0.5) is 4.39 Å². The number of esters is 1. The molecular formula is C33H38FN3O4. The van der Waals surface area contributed by atoms with Crippen LogP contribution in [-0.4, -0.2) is 47.4 Å². The van der Waals surface area contributed by atoms with E-state index in [4.69, 9.17) is 10.5 Å². The molecule has 0 radical (unpaired) electrons. The first-order valence-corrected chi connectivity index (χ1v) is 13.9. The number of nitrogens with two attached hydrogens (primary N) is 1. The molecule has 0 bridgehead atoms. The number of halogens is 1. The highest BCUT2D eigenvalue weighted by atomic mass is 19.1. The molecule has 1 aliphatic rings. The zero-order chi connectivity index (χ0) is 29.7. The van der Waals surface area contributed by atoms with E-state index in [-0.39, 0.29) is 6.54 Å². The van der Waals surface area contributed by atoms with Crippen LogP contribution in [0.2, 0.25) is 0 Å². The number of carbonyl (C=O) groups excluding carboxylic acids is 3. The fourth-order valence-corrected chi connectivity index (χ4v) is 5.06. The number of ether oxygens (including phenoxy) is 1. The highest BCUT2D eigenvalue weighted by Gasteiger charge is 2.52. The molecule has 3 N–H and O–H groups in total. The first-order valence-electron chi connectivity index (χ1n) is 13.9. The molecule has 0 unspecified atom stereocenters. The molecular weight excluding hydrogens is 521 g/mol. The summed E-state index contributed by atoms with van der Waals surface area (Å²) in [5.74, 6) is -2.39. The van der Waals surface area contributed by atoms with Crippen molar-refractivity contribution in [2.45, 2.75) is 64.3 Å². The zero-order valence-corrected chi connectivity index (χ0v) is 23.9. The van der Waals surface area contributed by atoms with E-state index in [1.54, 1.807) is 39.8 Å². The van der Waals surface area contributed by atoms with E-state index in [1.807, 2.05) is 60.7 Å². The largest absolute Gasteiger partial charge is 0.458 e. The van der Waals surface area contributed by atoms with Crippen LogP contribution in [0.1, 0.15) is 62.8 Å². The van der Waals surface area contributed by atoms with Crippen molar-refractivity contribution in [3.63, 3.8) is 0 Å². The Bertz CT molecular complexity index is 1300. The molecule has 3 aromatic rings. The number of rotatable bonds is 8. The second-order valence-corrected chi connectivity index (χ2v) is 11.5. The molecule has 1 saturated heterocycles. The number of carbonyl (C=O) groups is 3. The van der Waals surface area contributed by atoms with Gasteiger partial charge in [0.1, 0.15) is 18.0 Å². The van der Waals surface area contributed by atoms with Crippen LogP contribution in [0.25, 0.3) is 0 Å². The van der Waals surface area contributed by atoms with Crippen molar-refractivity contribution in [3.05, 3.63) is 107 Å². The Kier molecular flexibility index (Phi) is 9.23. The summed E-state index contributed by atoms with van der Waals surface area (Å²) in [5, 5.41) is 3.13. The topological polar surface area (TPSA) is 102 Å². The number of hydrogen-bond acceptors (Lipinski definition) is 5. The molecule has 0 spiro atoms. The first-order chi connectivity index (χ1) is 19.5. The molecule has 0 saturated carbocycles. The number of likely N-dealkylation sites (tertiary alicyclic amines) is 1. The fraction of sp³-hybridized carbons (Fsp3) is 0.364. The van der Waals surface area contributed by atoms with Gasteiger partial charge in [0.25, 0.3) is 0 Å². The van der Waals surface area contributed by atoms with Gasteiger partial charge in [-0.05, 0) is 56.0 Å².